The second kappa shape index (κ2) is 16.9. The van der Waals surface area contributed by atoms with E-state index in [2.05, 4.69) is 37.7 Å². The van der Waals surface area contributed by atoms with E-state index in [1.807, 2.05) is 21.0 Å². The van der Waals surface area contributed by atoms with Gasteiger partial charge in [0, 0.05) is 20.2 Å². The Hall–Kier alpha value is -0.120. The molecule has 0 radical (unpaired) electrons. The molecule has 1 aliphatic carbocycles. The molecular formula is C17H40N2O. The van der Waals surface area contributed by atoms with Crippen molar-refractivity contribution in [2.75, 3.05) is 47.4 Å². The van der Waals surface area contributed by atoms with E-state index < -0.39 is 0 Å². The van der Waals surface area contributed by atoms with Crippen molar-refractivity contribution in [3.63, 3.8) is 0 Å². The van der Waals surface area contributed by atoms with Crippen molar-refractivity contribution in [1.29, 1.82) is 0 Å². The molecule has 0 unspecified atom stereocenters. The van der Waals surface area contributed by atoms with E-state index in [9.17, 15) is 0 Å². The van der Waals surface area contributed by atoms with Crippen LogP contribution in [0.1, 0.15) is 59.8 Å². The van der Waals surface area contributed by atoms with Crippen molar-refractivity contribution < 1.29 is 4.74 Å². The van der Waals surface area contributed by atoms with Crippen LogP contribution in [0.3, 0.4) is 0 Å². The predicted molar refractivity (Wildman–Crippen MR) is 91.6 cm³/mol. The Morgan fingerprint density at radius 1 is 0.900 bits per heavy atom. The van der Waals surface area contributed by atoms with Gasteiger partial charge in [-0.3, -0.25) is 0 Å². The Bertz CT molecular complexity index is 164. The minimum atomic E-state index is 0.587. The Morgan fingerprint density at radius 3 is 1.70 bits per heavy atom. The second-order valence-electron chi connectivity index (χ2n) is 5.33. The van der Waals surface area contributed by atoms with E-state index in [0.717, 1.165) is 0 Å². The highest BCUT2D eigenvalue weighted by molar-refractivity contribution is 4.63. The second-order valence-corrected chi connectivity index (χ2v) is 5.33. The van der Waals surface area contributed by atoms with E-state index in [4.69, 9.17) is 4.74 Å². The van der Waals surface area contributed by atoms with Gasteiger partial charge in [0.15, 0.2) is 0 Å². The Kier molecular flexibility index (Phi) is 18.8. The van der Waals surface area contributed by atoms with Crippen LogP contribution >= 0.6 is 0 Å². The third kappa shape index (κ3) is 14.3. The number of nitrogens with zero attached hydrogens (tertiary/aromatic N) is 2. The Morgan fingerprint density at radius 2 is 1.40 bits per heavy atom. The molecule has 124 valence electrons. The molecule has 0 atom stereocenters. The van der Waals surface area contributed by atoms with Gasteiger partial charge in [0.2, 0.25) is 0 Å². The van der Waals surface area contributed by atoms with Crippen molar-refractivity contribution in [2.45, 2.75) is 65.9 Å². The standard InChI is InChI=1S/C8H20N2.C7H14O.C2H6/c1-5-10(6-2)8-7-9(3)4;1-8-7-5-3-2-4-6-7;1-2/h5-8H2,1-4H3;7H,2-6H2,1H3;1-2H3. The lowest BCUT2D eigenvalue weighted by Gasteiger charge is -2.20. The molecule has 0 amide bonds. The van der Waals surface area contributed by atoms with Crippen molar-refractivity contribution in [2.24, 2.45) is 0 Å². The minimum Gasteiger partial charge on any atom is -0.381 e. The Balaban J connectivity index is 0. The van der Waals surface area contributed by atoms with Crippen LogP contribution in [-0.2, 0) is 4.74 Å². The quantitative estimate of drug-likeness (QED) is 0.737. The molecule has 20 heavy (non-hydrogen) atoms. The molecule has 0 aromatic rings. The molecule has 1 saturated carbocycles. The highest BCUT2D eigenvalue weighted by Crippen LogP contribution is 2.18. The van der Waals surface area contributed by atoms with E-state index in [1.54, 1.807) is 0 Å². The maximum absolute atomic E-state index is 5.19. The fourth-order valence-corrected chi connectivity index (χ4v) is 2.18. The summed E-state index contributed by atoms with van der Waals surface area (Å²) in [5.74, 6) is 0. The van der Waals surface area contributed by atoms with Crippen LogP contribution < -0.4 is 0 Å². The first-order chi connectivity index (χ1) is 9.63. The van der Waals surface area contributed by atoms with Gasteiger partial charge in [-0.2, -0.15) is 0 Å². The molecule has 0 aromatic heterocycles. The zero-order valence-corrected chi connectivity index (χ0v) is 15.2. The summed E-state index contributed by atoms with van der Waals surface area (Å²) in [5, 5.41) is 0. The summed E-state index contributed by atoms with van der Waals surface area (Å²) < 4.78 is 5.19. The predicted octanol–water partition coefficient (Wildman–Crippen LogP) is 3.88. The van der Waals surface area contributed by atoms with Gasteiger partial charge in [0.1, 0.15) is 0 Å². The number of likely N-dealkylation sites (N-methyl/N-ethyl adjacent to an activating group) is 2. The summed E-state index contributed by atoms with van der Waals surface area (Å²) in [4.78, 5) is 4.65. The van der Waals surface area contributed by atoms with E-state index in [1.165, 1.54) is 58.3 Å². The first kappa shape index (κ1) is 22.2. The van der Waals surface area contributed by atoms with Crippen LogP contribution in [0.15, 0.2) is 0 Å². The summed E-state index contributed by atoms with van der Waals surface area (Å²) in [7, 11) is 6.04. The van der Waals surface area contributed by atoms with Crippen LogP contribution in [0.25, 0.3) is 0 Å². The normalized spacial score (nSPS) is 15.4. The van der Waals surface area contributed by atoms with Crippen molar-refractivity contribution in [3.8, 4) is 0 Å². The van der Waals surface area contributed by atoms with Gasteiger partial charge in [-0.25, -0.2) is 0 Å². The summed E-state index contributed by atoms with van der Waals surface area (Å²) >= 11 is 0. The maximum Gasteiger partial charge on any atom is 0.0571 e. The zero-order valence-electron chi connectivity index (χ0n) is 15.2. The highest BCUT2D eigenvalue weighted by atomic mass is 16.5. The van der Waals surface area contributed by atoms with Crippen LogP contribution in [0, 0.1) is 0 Å². The van der Waals surface area contributed by atoms with Gasteiger partial charge < -0.3 is 14.5 Å². The maximum atomic E-state index is 5.19. The van der Waals surface area contributed by atoms with Gasteiger partial charge in [0.05, 0.1) is 6.10 Å². The fourth-order valence-electron chi connectivity index (χ4n) is 2.18. The average molecular weight is 289 g/mol. The SMILES string of the molecule is CC.CCN(CC)CCN(C)C.COC1CCCCC1. The smallest absolute Gasteiger partial charge is 0.0571 e. The average Bonchev–Trinajstić information content (AvgIpc) is 2.51. The third-order valence-corrected chi connectivity index (χ3v) is 3.64. The molecule has 3 nitrogen and oxygen atoms in total. The fraction of sp³-hybridized carbons (Fsp3) is 1.00. The first-order valence-corrected chi connectivity index (χ1v) is 8.53. The summed E-state index contributed by atoms with van der Waals surface area (Å²) in [6.07, 6.45) is 7.33. The molecule has 0 spiro atoms. The lowest BCUT2D eigenvalue weighted by atomic mass is 9.98. The van der Waals surface area contributed by atoms with Gasteiger partial charge >= 0.3 is 0 Å². The van der Waals surface area contributed by atoms with Crippen LogP contribution in [0.5, 0.6) is 0 Å². The molecule has 0 heterocycles. The summed E-state index contributed by atoms with van der Waals surface area (Å²) in [6.45, 7) is 13.1. The number of ether oxygens (including phenoxy) is 1. The molecule has 0 bridgehead atoms. The van der Waals surface area contributed by atoms with Crippen molar-refractivity contribution >= 4 is 0 Å². The summed E-state index contributed by atoms with van der Waals surface area (Å²) in [6, 6.07) is 0. The molecule has 3 heteroatoms. The lowest BCUT2D eigenvalue weighted by Crippen LogP contribution is -2.31. The van der Waals surface area contributed by atoms with Gasteiger partial charge in [-0.05, 0) is 40.0 Å². The van der Waals surface area contributed by atoms with E-state index >= 15 is 0 Å². The first-order valence-electron chi connectivity index (χ1n) is 8.53. The molecule has 0 saturated heterocycles. The van der Waals surface area contributed by atoms with Gasteiger partial charge in [-0.1, -0.05) is 47.0 Å². The van der Waals surface area contributed by atoms with Crippen LogP contribution in [0.2, 0.25) is 0 Å². The van der Waals surface area contributed by atoms with Crippen LogP contribution in [-0.4, -0.2) is 63.3 Å². The third-order valence-electron chi connectivity index (χ3n) is 3.64. The number of rotatable bonds is 6. The van der Waals surface area contributed by atoms with E-state index in [0.29, 0.717) is 6.10 Å². The summed E-state index contributed by atoms with van der Waals surface area (Å²) in [5.41, 5.74) is 0. The largest absolute Gasteiger partial charge is 0.381 e. The van der Waals surface area contributed by atoms with Crippen molar-refractivity contribution in [3.05, 3.63) is 0 Å². The lowest BCUT2D eigenvalue weighted by molar-refractivity contribution is 0.0710. The molecule has 0 N–H and O–H groups in total. The van der Waals surface area contributed by atoms with Crippen LogP contribution in [0.4, 0.5) is 0 Å². The van der Waals surface area contributed by atoms with Gasteiger partial charge in [0.25, 0.3) is 0 Å². The number of methoxy groups -OCH3 is 1. The molecule has 0 aliphatic heterocycles. The van der Waals surface area contributed by atoms with Gasteiger partial charge in [-0.15, -0.1) is 0 Å². The molecule has 1 rings (SSSR count). The number of hydrogen-bond acceptors (Lipinski definition) is 3. The Labute approximate surface area is 128 Å². The highest BCUT2D eigenvalue weighted by Gasteiger charge is 2.10. The molecule has 1 fully saturated rings. The minimum absolute atomic E-state index is 0.587. The van der Waals surface area contributed by atoms with Crippen molar-refractivity contribution in [1.82, 2.24) is 9.80 Å². The molecular weight excluding hydrogens is 248 g/mol. The number of hydrogen-bond donors (Lipinski definition) is 0. The monoisotopic (exact) mass is 288 g/mol. The molecule has 1 aliphatic rings. The van der Waals surface area contributed by atoms with E-state index in [-0.39, 0.29) is 0 Å². The zero-order chi connectivity index (χ0) is 15.8. The molecule has 0 aromatic carbocycles. The topological polar surface area (TPSA) is 15.7 Å².